The molecule has 0 amide bonds. The number of thiazole rings is 1. The standard InChI is InChI=1S/C14H18N2O2S2/c15-10(13-7-3-4-8-20(13,17)18)9-14-16-11-5-1-2-6-12(11)19-14/h1-2,5-6,10,13H,3-4,7-9,15H2. The van der Waals surface area contributed by atoms with E-state index in [9.17, 15) is 8.42 Å². The van der Waals surface area contributed by atoms with Crippen molar-refractivity contribution in [1.82, 2.24) is 4.98 Å². The average molecular weight is 310 g/mol. The Hall–Kier alpha value is -0.980. The summed E-state index contributed by atoms with van der Waals surface area (Å²) in [4.78, 5) is 4.54. The highest BCUT2D eigenvalue weighted by molar-refractivity contribution is 7.92. The Kier molecular flexibility index (Phi) is 3.79. The number of para-hydroxylation sites is 1. The average Bonchev–Trinajstić information content (AvgIpc) is 2.80. The first-order valence-electron chi connectivity index (χ1n) is 6.88. The topological polar surface area (TPSA) is 73.0 Å². The molecule has 1 aliphatic heterocycles. The third kappa shape index (κ3) is 2.73. The molecular formula is C14H18N2O2S2. The van der Waals surface area contributed by atoms with Crippen molar-refractivity contribution < 1.29 is 8.42 Å². The van der Waals surface area contributed by atoms with Crippen molar-refractivity contribution in [3.8, 4) is 0 Å². The summed E-state index contributed by atoms with van der Waals surface area (Å²) < 4.78 is 25.3. The smallest absolute Gasteiger partial charge is 0.154 e. The van der Waals surface area contributed by atoms with Crippen molar-refractivity contribution in [3.63, 3.8) is 0 Å². The molecule has 3 rings (SSSR count). The minimum atomic E-state index is -3.02. The number of rotatable bonds is 3. The Morgan fingerprint density at radius 3 is 2.90 bits per heavy atom. The van der Waals surface area contributed by atoms with Gasteiger partial charge in [0.15, 0.2) is 9.84 Å². The number of sulfone groups is 1. The van der Waals surface area contributed by atoms with Gasteiger partial charge in [-0.05, 0) is 25.0 Å². The van der Waals surface area contributed by atoms with E-state index in [-0.39, 0.29) is 11.8 Å². The van der Waals surface area contributed by atoms with E-state index in [0.717, 1.165) is 28.1 Å². The molecule has 6 heteroatoms. The maximum Gasteiger partial charge on any atom is 0.154 e. The number of nitrogens with two attached hydrogens (primary N) is 1. The van der Waals surface area contributed by atoms with E-state index in [2.05, 4.69) is 4.98 Å². The molecule has 1 fully saturated rings. The van der Waals surface area contributed by atoms with Gasteiger partial charge in [-0.2, -0.15) is 0 Å². The molecule has 2 aromatic rings. The molecule has 0 saturated carbocycles. The molecule has 1 aromatic heterocycles. The van der Waals surface area contributed by atoms with Crippen LogP contribution in [0.5, 0.6) is 0 Å². The fraction of sp³-hybridized carbons (Fsp3) is 0.500. The summed E-state index contributed by atoms with van der Waals surface area (Å²) in [6, 6.07) is 7.59. The maximum absolute atomic E-state index is 12.1. The van der Waals surface area contributed by atoms with E-state index < -0.39 is 15.1 Å². The van der Waals surface area contributed by atoms with Gasteiger partial charge < -0.3 is 5.73 Å². The van der Waals surface area contributed by atoms with Crippen LogP contribution in [-0.2, 0) is 16.3 Å². The fourth-order valence-electron chi connectivity index (χ4n) is 2.80. The highest BCUT2D eigenvalue weighted by Gasteiger charge is 2.34. The molecule has 1 aliphatic rings. The number of hydrogen-bond acceptors (Lipinski definition) is 5. The summed E-state index contributed by atoms with van der Waals surface area (Å²) in [6.45, 7) is 0. The molecule has 2 heterocycles. The van der Waals surface area contributed by atoms with E-state index >= 15 is 0 Å². The lowest BCUT2D eigenvalue weighted by atomic mass is 10.1. The summed E-state index contributed by atoms with van der Waals surface area (Å²) in [5.41, 5.74) is 7.13. The molecule has 108 valence electrons. The van der Waals surface area contributed by atoms with Crippen LogP contribution in [0.3, 0.4) is 0 Å². The zero-order chi connectivity index (χ0) is 14.2. The predicted molar refractivity (Wildman–Crippen MR) is 82.7 cm³/mol. The monoisotopic (exact) mass is 310 g/mol. The largest absolute Gasteiger partial charge is 0.326 e. The van der Waals surface area contributed by atoms with Gasteiger partial charge in [0.05, 0.1) is 26.2 Å². The van der Waals surface area contributed by atoms with Gasteiger partial charge in [-0.15, -0.1) is 11.3 Å². The van der Waals surface area contributed by atoms with E-state index in [1.54, 1.807) is 11.3 Å². The zero-order valence-electron chi connectivity index (χ0n) is 11.2. The van der Waals surface area contributed by atoms with Gasteiger partial charge in [0.25, 0.3) is 0 Å². The molecule has 20 heavy (non-hydrogen) atoms. The first-order valence-corrected chi connectivity index (χ1v) is 9.41. The summed E-state index contributed by atoms with van der Waals surface area (Å²) >= 11 is 1.60. The van der Waals surface area contributed by atoms with Crippen LogP contribution in [0.2, 0.25) is 0 Å². The summed E-state index contributed by atoms with van der Waals surface area (Å²) in [5.74, 6) is 0.283. The van der Waals surface area contributed by atoms with Gasteiger partial charge in [-0.1, -0.05) is 18.6 Å². The van der Waals surface area contributed by atoms with Crippen LogP contribution in [0.1, 0.15) is 24.3 Å². The minimum absolute atomic E-state index is 0.283. The molecule has 2 N–H and O–H groups in total. The van der Waals surface area contributed by atoms with E-state index in [0.29, 0.717) is 12.8 Å². The number of fused-ring (bicyclic) bond motifs is 1. The van der Waals surface area contributed by atoms with Crippen LogP contribution in [0.25, 0.3) is 10.2 Å². The Balaban J connectivity index is 1.79. The van der Waals surface area contributed by atoms with Crippen molar-refractivity contribution in [1.29, 1.82) is 0 Å². The molecule has 1 aromatic carbocycles. The Morgan fingerprint density at radius 1 is 1.35 bits per heavy atom. The van der Waals surface area contributed by atoms with Crippen molar-refractivity contribution in [2.24, 2.45) is 5.73 Å². The first-order chi connectivity index (χ1) is 9.56. The van der Waals surface area contributed by atoms with Gasteiger partial charge in [0, 0.05) is 12.5 Å². The van der Waals surface area contributed by atoms with Gasteiger partial charge in [0.2, 0.25) is 0 Å². The van der Waals surface area contributed by atoms with Crippen LogP contribution in [-0.4, -0.2) is 30.4 Å². The second-order valence-electron chi connectivity index (χ2n) is 5.34. The highest BCUT2D eigenvalue weighted by atomic mass is 32.2. The van der Waals surface area contributed by atoms with Crippen molar-refractivity contribution >= 4 is 31.4 Å². The van der Waals surface area contributed by atoms with Crippen LogP contribution in [0.15, 0.2) is 24.3 Å². The van der Waals surface area contributed by atoms with E-state index in [1.807, 2.05) is 24.3 Å². The van der Waals surface area contributed by atoms with E-state index in [4.69, 9.17) is 5.73 Å². The number of benzene rings is 1. The normalized spacial score (nSPS) is 23.8. The molecule has 0 spiro atoms. The summed E-state index contributed by atoms with van der Waals surface area (Å²) in [7, 11) is -3.02. The second kappa shape index (κ2) is 5.42. The zero-order valence-corrected chi connectivity index (χ0v) is 12.8. The van der Waals surface area contributed by atoms with Crippen LogP contribution in [0.4, 0.5) is 0 Å². The van der Waals surface area contributed by atoms with E-state index in [1.165, 1.54) is 0 Å². The Morgan fingerprint density at radius 2 is 2.15 bits per heavy atom. The quantitative estimate of drug-likeness (QED) is 0.942. The third-order valence-corrected chi connectivity index (χ3v) is 7.28. The lowest BCUT2D eigenvalue weighted by Gasteiger charge is -2.26. The van der Waals surface area contributed by atoms with Gasteiger partial charge in [-0.25, -0.2) is 13.4 Å². The third-order valence-electron chi connectivity index (χ3n) is 3.85. The number of hydrogen-bond donors (Lipinski definition) is 1. The number of nitrogens with zero attached hydrogens (tertiary/aromatic N) is 1. The molecular weight excluding hydrogens is 292 g/mol. The molecule has 2 unspecified atom stereocenters. The molecule has 0 aliphatic carbocycles. The summed E-state index contributed by atoms with van der Waals surface area (Å²) in [5, 5.41) is 0.530. The molecule has 2 atom stereocenters. The summed E-state index contributed by atoms with van der Waals surface area (Å²) in [6.07, 6.45) is 2.96. The van der Waals surface area contributed by atoms with Gasteiger partial charge in [0.1, 0.15) is 0 Å². The van der Waals surface area contributed by atoms with Crippen LogP contribution >= 0.6 is 11.3 Å². The molecule has 0 bridgehead atoms. The minimum Gasteiger partial charge on any atom is -0.326 e. The Labute approximate surface area is 122 Å². The molecule has 1 saturated heterocycles. The van der Waals surface area contributed by atoms with Gasteiger partial charge in [-0.3, -0.25) is 0 Å². The second-order valence-corrected chi connectivity index (χ2v) is 8.80. The lowest BCUT2D eigenvalue weighted by molar-refractivity contribution is 0.495. The first kappa shape index (κ1) is 14.0. The SMILES string of the molecule is NC(Cc1nc2ccccc2s1)C1CCCCS1(=O)=O. The molecule has 0 radical (unpaired) electrons. The lowest BCUT2D eigenvalue weighted by Crippen LogP contribution is -2.44. The number of aromatic nitrogens is 1. The van der Waals surface area contributed by atoms with Crippen LogP contribution < -0.4 is 5.73 Å². The predicted octanol–water partition coefficient (Wildman–Crippen LogP) is 2.13. The Bertz CT molecular complexity index is 676. The van der Waals surface area contributed by atoms with Crippen LogP contribution in [0, 0.1) is 0 Å². The van der Waals surface area contributed by atoms with Crippen molar-refractivity contribution in [2.45, 2.75) is 37.0 Å². The molecule has 4 nitrogen and oxygen atoms in total. The van der Waals surface area contributed by atoms with Crippen molar-refractivity contribution in [2.75, 3.05) is 5.75 Å². The van der Waals surface area contributed by atoms with Gasteiger partial charge >= 0.3 is 0 Å². The fourth-order valence-corrected chi connectivity index (χ4v) is 5.90. The van der Waals surface area contributed by atoms with Crippen molar-refractivity contribution in [3.05, 3.63) is 29.3 Å². The highest BCUT2D eigenvalue weighted by Crippen LogP contribution is 2.26. The maximum atomic E-state index is 12.1.